The van der Waals surface area contributed by atoms with E-state index in [1.165, 1.54) is 10.9 Å². The number of amides is 2. The maximum absolute atomic E-state index is 12.6. The Bertz CT molecular complexity index is 1160. The van der Waals surface area contributed by atoms with Crippen molar-refractivity contribution >= 4 is 38.6 Å². The predicted molar refractivity (Wildman–Crippen MR) is 120 cm³/mol. The first kappa shape index (κ1) is 21.2. The van der Waals surface area contributed by atoms with E-state index in [4.69, 9.17) is 0 Å². The summed E-state index contributed by atoms with van der Waals surface area (Å²) in [6, 6.07) is 8.79. The number of piperidine rings is 1. The summed E-state index contributed by atoms with van der Waals surface area (Å²) in [4.78, 5) is 47.6. The lowest BCUT2D eigenvalue weighted by atomic mass is 10.0. The quantitative estimate of drug-likeness (QED) is 0.600. The van der Waals surface area contributed by atoms with Crippen LogP contribution in [0.4, 0.5) is 0 Å². The molecule has 3 aromatic rings. The third-order valence-corrected chi connectivity index (χ3v) is 5.93. The van der Waals surface area contributed by atoms with Gasteiger partial charge in [0.15, 0.2) is 0 Å². The normalized spacial score (nSPS) is 14.5. The van der Waals surface area contributed by atoms with Gasteiger partial charge in [0.25, 0.3) is 11.5 Å². The Morgan fingerprint density at radius 2 is 1.87 bits per heavy atom. The first-order valence-corrected chi connectivity index (χ1v) is 10.9. The van der Waals surface area contributed by atoms with Crippen LogP contribution in [0, 0.1) is 0 Å². The van der Waals surface area contributed by atoms with Gasteiger partial charge in [0.2, 0.25) is 5.91 Å². The van der Waals surface area contributed by atoms with E-state index in [-0.39, 0.29) is 36.4 Å². The highest BCUT2D eigenvalue weighted by Gasteiger charge is 2.24. The molecule has 0 radical (unpaired) electrons. The first-order valence-electron chi connectivity index (χ1n) is 10.1. The van der Waals surface area contributed by atoms with Crippen LogP contribution in [-0.4, -0.2) is 50.4 Å². The van der Waals surface area contributed by atoms with Crippen molar-refractivity contribution in [1.82, 2.24) is 24.8 Å². The van der Waals surface area contributed by atoms with Crippen LogP contribution < -0.4 is 10.9 Å². The van der Waals surface area contributed by atoms with E-state index in [0.29, 0.717) is 42.4 Å². The molecule has 0 aliphatic carbocycles. The van der Waals surface area contributed by atoms with Gasteiger partial charge in [0.05, 0.1) is 17.2 Å². The molecule has 8 nitrogen and oxygen atoms in total. The topological polar surface area (TPSA) is 97.2 Å². The third-order valence-electron chi connectivity index (χ3n) is 5.44. The molecule has 1 aliphatic rings. The summed E-state index contributed by atoms with van der Waals surface area (Å²) in [6.07, 6.45) is 6.29. The Balaban J connectivity index is 1.28. The second-order valence-electron chi connectivity index (χ2n) is 7.52. The van der Waals surface area contributed by atoms with Gasteiger partial charge in [0.1, 0.15) is 0 Å². The monoisotopic (exact) mass is 483 g/mol. The van der Waals surface area contributed by atoms with Gasteiger partial charge in [-0.15, -0.1) is 0 Å². The van der Waals surface area contributed by atoms with Crippen molar-refractivity contribution in [2.75, 3.05) is 13.1 Å². The maximum Gasteiger partial charge on any atom is 0.261 e. The minimum Gasteiger partial charge on any atom is -0.353 e. The molecule has 4 rings (SSSR count). The smallest absolute Gasteiger partial charge is 0.261 e. The minimum atomic E-state index is -0.165. The second kappa shape index (κ2) is 9.38. The maximum atomic E-state index is 12.6. The molecule has 2 aromatic heterocycles. The number of pyridine rings is 1. The molecule has 0 bridgehead atoms. The average Bonchev–Trinajstić information content (AvgIpc) is 2.79. The van der Waals surface area contributed by atoms with Gasteiger partial charge in [-0.1, -0.05) is 15.9 Å². The van der Waals surface area contributed by atoms with Crippen LogP contribution >= 0.6 is 15.9 Å². The summed E-state index contributed by atoms with van der Waals surface area (Å²) < 4.78 is 2.27. The molecule has 160 valence electrons. The lowest BCUT2D eigenvalue weighted by Crippen LogP contribution is -2.46. The van der Waals surface area contributed by atoms with Crippen LogP contribution in [0.1, 0.15) is 29.6 Å². The fourth-order valence-electron chi connectivity index (χ4n) is 3.72. The number of nitrogens with zero attached hydrogens (tertiary/aromatic N) is 4. The highest BCUT2D eigenvalue weighted by Crippen LogP contribution is 2.15. The van der Waals surface area contributed by atoms with Crippen LogP contribution in [0.25, 0.3) is 10.9 Å². The highest BCUT2D eigenvalue weighted by molar-refractivity contribution is 9.10. The zero-order valence-electron chi connectivity index (χ0n) is 16.8. The van der Waals surface area contributed by atoms with Crippen molar-refractivity contribution in [1.29, 1.82) is 0 Å². The molecular weight excluding hydrogens is 462 g/mol. The van der Waals surface area contributed by atoms with Crippen molar-refractivity contribution in [2.24, 2.45) is 0 Å². The lowest BCUT2D eigenvalue weighted by Gasteiger charge is -2.32. The average molecular weight is 484 g/mol. The predicted octanol–water partition coefficient (Wildman–Crippen LogP) is 2.37. The second-order valence-corrected chi connectivity index (χ2v) is 8.44. The van der Waals surface area contributed by atoms with Crippen LogP contribution in [0.2, 0.25) is 0 Å². The molecule has 3 heterocycles. The number of aryl methyl sites for hydroxylation is 1. The highest BCUT2D eigenvalue weighted by atomic mass is 79.9. The van der Waals surface area contributed by atoms with Crippen LogP contribution in [0.5, 0.6) is 0 Å². The molecule has 0 saturated carbocycles. The molecule has 0 spiro atoms. The van der Waals surface area contributed by atoms with Gasteiger partial charge in [-0.25, -0.2) is 4.98 Å². The number of hydrogen-bond donors (Lipinski definition) is 1. The van der Waals surface area contributed by atoms with E-state index in [0.717, 1.165) is 4.47 Å². The van der Waals surface area contributed by atoms with E-state index >= 15 is 0 Å². The van der Waals surface area contributed by atoms with Crippen LogP contribution in [-0.2, 0) is 11.3 Å². The number of carbonyl (C=O) groups excluding carboxylic acids is 2. The van der Waals surface area contributed by atoms with Crippen LogP contribution in [0.15, 0.2) is 58.3 Å². The Morgan fingerprint density at radius 1 is 1.13 bits per heavy atom. The molecule has 2 amide bonds. The summed E-state index contributed by atoms with van der Waals surface area (Å²) in [5.74, 6) is -0.123. The number of fused-ring (bicyclic) bond motifs is 1. The number of aromatic nitrogens is 3. The molecular formula is C22H22BrN5O3. The number of carbonyl (C=O) groups is 2. The van der Waals surface area contributed by atoms with Gasteiger partial charge in [-0.3, -0.25) is 23.9 Å². The number of likely N-dealkylation sites (tertiary alicyclic amines) is 1. The Kier molecular flexibility index (Phi) is 6.41. The van der Waals surface area contributed by atoms with Gasteiger partial charge in [-0.2, -0.15) is 0 Å². The molecule has 31 heavy (non-hydrogen) atoms. The number of rotatable bonds is 5. The van der Waals surface area contributed by atoms with E-state index in [1.54, 1.807) is 41.6 Å². The van der Waals surface area contributed by atoms with Crippen molar-refractivity contribution in [3.8, 4) is 0 Å². The summed E-state index contributed by atoms with van der Waals surface area (Å²) in [5, 5.41) is 3.54. The van der Waals surface area contributed by atoms with Crippen molar-refractivity contribution in [3.63, 3.8) is 0 Å². The molecule has 1 aromatic carbocycles. The van der Waals surface area contributed by atoms with Gasteiger partial charge < -0.3 is 10.2 Å². The number of benzene rings is 1. The Morgan fingerprint density at radius 3 is 2.61 bits per heavy atom. The molecule has 0 atom stereocenters. The van der Waals surface area contributed by atoms with Crippen molar-refractivity contribution in [2.45, 2.75) is 31.8 Å². The summed E-state index contributed by atoms with van der Waals surface area (Å²) in [5.41, 5.74) is 1.09. The summed E-state index contributed by atoms with van der Waals surface area (Å²) >= 11 is 3.37. The first-order chi connectivity index (χ1) is 15.0. The van der Waals surface area contributed by atoms with Gasteiger partial charge in [-0.05, 0) is 43.2 Å². The third kappa shape index (κ3) is 4.99. The number of nitrogens with one attached hydrogen (secondary N) is 1. The molecule has 1 aliphatic heterocycles. The van der Waals surface area contributed by atoms with E-state index in [1.807, 2.05) is 6.07 Å². The Labute approximate surface area is 187 Å². The number of hydrogen-bond acceptors (Lipinski definition) is 5. The van der Waals surface area contributed by atoms with Gasteiger partial charge in [0, 0.05) is 54.5 Å². The Hall–Kier alpha value is -3.07. The zero-order chi connectivity index (χ0) is 21.8. The van der Waals surface area contributed by atoms with Crippen LogP contribution in [0.3, 0.4) is 0 Å². The number of halogens is 1. The molecule has 1 fully saturated rings. The minimum absolute atomic E-state index is 0.0120. The molecule has 0 unspecified atom stereocenters. The SMILES string of the molecule is O=C(CCn1cnc2ccc(Br)cc2c1=O)NC1CCN(C(=O)c2ccncc2)CC1. The summed E-state index contributed by atoms with van der Waals surface area (Å²) in [7, 11) is 0. The van der Waals surface area contributed by atoms with E-state index in [9.17, 15) is 14.4 Å². The largest absolute Gasteiger partial charge is 0.353 e. The summed E-state index contributed by atoms with van der Waals surface area (Å²) in [6.45, 7) is 1.45. The molecule has 9 heteroatoms. The molecule has 1 saturated heterocycles. The lowest BCUT2D eigenvalue weighted by molar-refractivity contribution is -0.122. The van der Waals surface area contributed by atoms with Crippen molar-refractivity contribution < 1.29 is 9.59 Å². The molecule has 1 N–H and O–H groups in total. The van der Waals surface area contributed by atoms with E-state index in [2.05, 4.69) is 31.2 Å². The standard InChI is InChI=1S/C22H22BrN5O3/c23-16-1-2-19-18(13-16)22(31)28(14-25-19)12-7-20(29)26-17-5-10-27(11-6-17)21(30)15-3-8-24-9-4-15/h1-4,8-9,13-14,17H,5-7,10-12H2,(H,26,29). The van der Waals surface area contributed by atoms with Crippen molar-refractivity contribution in [3.05, 3.63) is 69.4 Å². The van der Waals surface area contributed by atoms with E-state index < -0.39 is 0 Å². The zero-order valence-corrected chi connectivity index (χ0v) is 18.4. The fourth-order valence-corrected chi connectivity index (χ4v) is 4.08. The van der Waals surface area contributed by atoms with Gasteiger partial charge >= 0.3 is 0 Å². The fraction of sp³-hybridized carbons (Fsp3) is 0.318.